The molecular formula is C56H62N19O3+. The summed E-state index contributed by atoms with van der Waals surface area (Å²) < 4.78 is 16.3. The third-order valence-electron chi connectivity index (χ3n) is 14.7. The van der Waals surface area contributed by atoms with Crippen molar-refractivity contribution in [2.75, 3.05) is 116 Å². The second-order valence-corrected chi connectivity index (χ2v) is 20.1. The minimum absolute atomic E-state index is 0.0384. The van der Waals surface area contributed by atoms with Crippen molar-refractivity contribution in [3.8, 4) is 0 Å². The highest BCUT2D eigenvalue weighted by Gasteiger charge is 2.50. The van der Waals surface area contributed by atoms with Crippen LogP contribution in [-0.2, 0) is 29.0 Å². The van der Waals surface area contributed by atoms with Crippen LogP contribution in [0.1, 0.15) is 33.9 Å². The lowest BCUT2D eigenvalue weighted by molar-refractivity contribution is -0.790. The molecule has 2 atom stereocenters. The van der Waals surface area contributed by atoms with Gasteiger partial charge >= 0.3 is 0 Å². The van der Waals surface area contributed by atoms with Crippen LogP contribution in [0.25, 0.3) is 5.57 Å². The summed E-state index contributed by atoms with van der Waals surface area (Å²) in [7, 11) is 0. The van der Waals surface area contributed by atoms with Gasteiger partial charge in [-0.15, -0.1) is 4.68 Å². The van der Waals surface area contributed by atoms with Crippen molar-refractivity contribution in [1.82, 2.24) is 59.8 Å². The number of aromatic nitrogens is 12. The average Bonchev–Trinajstić information content (AvgIpc) is 3.97. The van der Waals surface area contributed by atoms with Gasteiger partial charge in [0.2, 0.25) is 41.9 Å². The zero-order valence-corrected chi connectivity index (χ0v) is 43.3. The molecule has 22 heteroatoms. The summed E-state index contributed by atoms with van der Waals surface area (Å²) in [6.45, 7) is 14.0. The highest BCUT2D eigenvalue weighted by atomic mass is 16.5. The van der Waals surface area contributed by atoms with Gasteiger partial charge in [-0.3, -0.25) is 0 Å². The van der Waals surface area contributed by atoms with Gasteiger partial charge in [-0.1, -0.05) is 79.4 Å². The number of morpholine rings is 1. The topological polar surface area (TPSA) is 225 Å². The predicted octanol–water partition coefficient (Wildman–Crippen LogP) is 4.26. The monoisotopic (exact) mass is 1050 g/mol. The molecule has 0 aliphatic carbocycles. The van der Waals surface area contributed by atoms with Crippen molar-refractivity contribution in [2.45, 2.75) is 31.7 Å². The third-order valence-corrected chi connectivity index (χ3v) is 14.7. The molecule has 4 aliphatic heterocycles. The molecule has 0 spiro atoms. The fourth-order valence-corrected chi connectivity index (χ4v) is 10.3. The largest absolute Gasteiger partial charge is 0.387 e. The van der Waals surface area contributed by atoms with Crippen LogP contribution in [0.15, 0.2) is 141 Å². The van der Waals surface area contributed by atoms with Gasteiger partial charge in [-0.25, -0.2) is 39.9 Å². The number of anilines is 8. The van der Waals surface area contributed by atoms with E-state index in [0.717, 1.165) is 77.7 Å². The molecule has 12 rings (SSSR count). The van der Waals surface area contributed by atoms with Gasteiger partial charge in [0.1, 0.15) is 30.3 Å². The first-order valence-corrected chi connectivity index (χ1v) is 26.5. The molecular weight excluding hydrogens is 987 g/mol. The molecule has 0 bridgehead atoms. The van der Waals surface area contributed by atoms with Crippen LogP contribution in [0.2, 0.25) is 0 Å². The van der Waals surface area contributed by atoms with Crippen LogP contribution in [0.4, 0.5) is 47.1 Å². The highest BCUT2D eigenvalue weighted by Crippen LogP contribution is 2.41. The first kappa shape index (κ1) is 50.3. The van der Waals surface area contributed by atoms with Gasteiger partial charge in [0, 0.05) is 108 Å². The Morgan fingerprint density at radius 1 is 0.654 bits per heavy atom. The van der Waals surface area contributed by atoms with E-state index >= 15 is 0 Å². The summed E-state index contributed by atoms with van der Waals surface area (Å²) in [4.78, 5) is 55.0. The smallest absolute Gasteiger partial charge is 0.232 e. The first-order valence-electron chi connectivity index (χ1n) is 26.5. The number of nitrogens with zero attached hydrogens (tertiary/aromatic N) is 16. The van der Waals surface area contributed by atoms with Crippen LogP contribution >= 0.6 is 0 Å². The molecule has 398 valence electrons. The Kier molecular flexibility index (Phi) is 14.8. The second kappa shape index (κ2) is 23.0. The maximum atomic E-state index is 12.2. The highest BCUT2D eigenvalue weighted by molar-refractivity contribution is 5.77. The van der Waals surface area contributed by atoms with Crippen LogP contribution in [0, 0.1) is 5.41 Å². The van der Waals surface area contributed by atoms with Gasteiger partial charge in [0.15, 0.2) is 6.54 Å². The number of hydrogen-bond acceptors (Lipinski definition) is 20. The SMILES string of the molecule is C=C(c1ccccc1)c1cnc(N2CCN(c3ncnc(Nc4cn(CC5CNCCO5)[n+](CC5(C(O)c6ccc(Nc7ncnc(N8CCN(c9ncc(Cc%10ccccc%10)cn9)CC8)n7)cc6)COC5)c4)n3)CC2)nc1. The molecule has 8 aromatic rings. The third kappa shape index (κ3) is 11.6. The van der Waals surface area contributed by atoms with Crippen LogP contribution in [0.5, 0.6) is 0 Å². The van der Waals surface area contributed by atoms with E-state index in [1.165, 1.54) is 18.2 Å². The summed E-state index contributed by atoms with van der Waals surface area (Å²) in [5.41, 5.74) is 6.88. The Balaban J connectivity index is 0.667. The summed E-state index contributed by atoms with van der Waals surface area (Å²) in [5.74, 6) is 3.45. The minimum Gasteiger partial charge on any atom is -0.387 e. The normalized spacial score (nSPS) is 17.8. The molecule has 78 heavy (non-hydrogen) atoms. The zero-order valence-electron chi connectivity index (χ0n) is 43.3. The number of aliphatic hydroxyl groups is 1. The first-order chi connectivity index (χ1) is 38.4. The maximum Gasteiger partial charge on any atom is 0.232 e. The Morgan fingerprint density at radius 3 is 1.78 bits per heavy atom. The molecule has 4 aliphatic rings. The summed E-state index contributed by atoms with van der Waals surface area (Å²) in [5, 5.41) is 22.4. The number of ether oxygens (including phenoxy) is 2. The number of nitrogens with one attached hydrogen (secondary N) is 3. The number of aliphatic hydroxyl groups excluding tert-OH is 1. The molecule has 4 N–H and O–H groups in total. The molecule has 5 aromatic heterocycles. The number of piperazine rings is 2. The predicted molar refractivity (Wildman–Crippen MR) is 295 cm³/mol. The summed E-state index contributed by atoms with van der Waals surface area (Å²) in [6.07, 6.45) is 14.6. The van der Waals surface area contributed by atoms with Crippen LogP contribution in [-0.4, -0.2) is 151 Å². The minimum atomic E-state index is -0.822. The summed E-state index contributed by atoms with van der Waals surface area (Å²) >= 11 is 0. The molecule has 22 nitrogen and oxygen atoms in total. The Labute approximate surface area is 452 Å². The average molecular weight is 1050 g/mol. The second-order valence-electron chi connectivity index (χ2n) is 20.1. The van der Waals surface area contributed by atoms with Gasteiger partial charge < -0.3 is 50.1 Å². The van der Waals surface area contributed by atoms with Crippen molar-refractivity contribution in [1.29, 1.82) is 0 Å². The van der Waals surface area contributed by atoms with Gasteiger partial charge in [-0.2, -0.15) is 14.6 Å². The molecule has 4 fully saturated rings. The molecule has 2 unspecified atom stereocenters. The standard InChI is InChI=1S/C56H62N19O3/c1-40(43-10-6-3-7-11-43)45-29-60-53(61-30-45)71-19-23-73(24-20-71)55-65-39-63-51(69-55)67-47-32-74(34-48-31-57-16-25-78-48)75(33-47)35-56(36-77-37-56)49(76)44-12-14-46(15-13-44)66-50-62-38-64-54(68-50)72-21-17-70(18-22-72)52-58-27-42(28-59-52)26-41-8-4-2-5-9-41/h2-15,27-30,32-33,38-39,48-49,57,76H,1,16-26,31,34-37H2,(H,62,64,66,68)(H,63,65,67,69)/q+1. The van der Waals surface area contributed by atoms with Crippen LogP contribution < -0.4 is 40.2 Å². The molecule has 4 saturated heterocycles. The lowest BCUT2D eigenvalue weighted by Crippen LogP contribution is -2.60. The maximum absolute atomic E-state index is 12.2. The van der Waals surface area contributed by atoms with Crippen molar-refractivity contribution in [3.63, 3.8) is 0 Å². The van der Waals surface area contributed by atoms with E-state index in [4.69, 9.17) is 19.4 Å². The molecule has 3 aromatic carbocycles. The van der Waals surface area contributed by atoms with Crippen molar-refractivity contribution in [3.05, 3.63) is 169 Å². The van der Waals surface area contributed by atoms with E-state index in [1.807, 2.05) is 110 Å². The van der Waals surface area contributed by atoms with E-state index in [2.05, 4.69) is 103 Å². The van der Waals surface area contributed by atoms with E-state index in [1.54, 1.807) is 0 Å². The van der Waals surface area contributed by atoms with E-state index in [9.17, 15) is 5.11 Å². The number of benzene rings is 3. The van der Waals surface area contributed by atoms with E-state index in [0.29, 0.717) is 102 Å². The fraction of sp³-hybridized carbons (Fsp3) is 0.339. The fourth-order valence-electron chi connectivity index (χ4n) is 10.3. The Hall–Kier alpha value is -8.57. The Bertz CT molecular complexity index is 3250. The van der Waals surface area contributed by atoms with Gasteiger partial charge in [0.05, 0.1) is 38.2 Å². The molecule has 0 amide bonds. The van der Waals surface area contributed by atoms with Crippen molar-refractivity contribution < 1.29 is 19.3 Å². The number of hydrogen-bond donors (Lipinski definition) is 4. The van der Waals surface area contributed by atoms with E-state index in [-0.39, 0.29) is 6.10 Å². The van der Waals surface area contributed by atoms with E-state index < -0.39 is 11.5 Å². The van der Waals surface area contributed by atoms with Gasteiger partial charge in [0.25, 0.3) is 0 Å². The quantitative estimate of drug-likeness (QED) is 0.0881. The van der Waals surface area contributed by atoms with Crippen LogP contribution in [0.3, 0.4) is 0 Å². The molecule has 0 saturated carbocycles. The molecule has 0 radical (unpaired) electrons. The molecule has 9 heterocycles. The number of rotatable bonds is 18. The van der Waals surface area contributed by atoms with Crippen molar-refractivity contribution in [2.24, 2.45) is 5.41 Å². The zero-order chi connectivity index (χ0) is 52.7. The lowest BCUT2D eigenvalue weighted by atomic mass is 9.77. The summed E-state index contributed by atoms with van der Waals surface area (Å²) in [6, 6.07) is 28.2. The Morgan fingerprint density at radius 2 is 1.22 bits per heavy atom. The van der Waals surface area contributed by atoms with Gasteiger partial charge in [-0.05, 0) is 40.0 Å². The van der Waals surface area contributed by atoms with Crippen molar-refractivity contribution >= 4 is 52.6 Å². The lowest BCUT2D eigenvalue weighted by Gasteiger charge is -2.42.